The molecule has 1 aliphatic rings. The van der Waals surface area contributed by atoms with Gasteiger partial charge in [0.2, 0.25) is 0 Å². The Hall–Kier alpha value is -1.48. The quantitative estimate of drug-likeness (QED) is 0.770. The van der Waals surface area contributed by atoms with Crippen LogP contribution in [0.1, 0.15) is 22.6 Å². The molecule has 0 spiro atoms. The molecular formula is C17H17BrO2. The summed E-state index contributed by atoms with van der Waals surface area (Å²) >= 11 is 3.52. The summed E-state index contributed by atoms with van der Waals surface area (Å²) in [5.74, 6) is 2.30. The summed E-state index contributed by atoms with van der Waals surface area (Å²) in [6.07, 6.45) is 0. The average molecular weight is 333 g/mol. The van der Waals surface area contributed by atoms with E-state index in [4.69, 9.17) is 9.47 Å². The molecule has 0 bridgehead atoms. The Balaban J connectivity index is 1.75. The van der Waals surface area contributed by atoms with Gasteiger partial charge in [-0.05, 0) is 18.6 Å². The van der Waals surface area contributed by atoms with Crippen molar-refractivity contribution in [2.45, 2.75) is 18.2 Å². The maximum Gasteiger partial charge on any atom is 0.126 e. The Morgan fingerprint density at radius 1 is 1.20 bits per heavy atom. The largest absolute Gasteiger partial charge is 0.493 e. The molecule has 1 aliphatic heterocycles. The molecule has 0 aromatic heterocycles. The van der Waals surface area contributed by atoms with E-state index in [1.165, 1.54) is 16.7 Å². The van der Waals surface area contributed by atoms with Crippen molar-refractivity contribution in [2.24, 2.45) is 0 Å². The van der Waals surface area contributed by atoms with Crippen molar-refractivity contribution in [3.05, 3.63) is 59.2 Å². The fourth-order valence-corrected chi connectivity index (χ4v) is 3.02. The van der Waals surface area contributed by atoms with Gasteiger partial charge in [0.15, 0.2) is 0 Å². The van der Waals surface area contributed by atoms with E-state index in [-0.39, 0.29) is 0 Å². The van der Waals surface area contributed by atoms with Gasteiger partial charge in [0, 0.05) is 16.5 Å². The molecule has 1 atom stereocenters. The van der Waals surface area contributed by atoms with Crippen molar-refractivity contribution in [3.8, 4) is 11.5 Å². The smallest absolute Gasteiger partial charge is 0.126 e. The molecule has 0 aliphatic carbocycles. The van der Waals surface area contributed by atoms with Crippen molar-refractivity contribution < 1.29 is 9.47 Å². The second-order valence-electron chi connectivity index (χ2n) is 5.05. The first kappa shape index (κ1) is 13.5. The van der Waals surface area contributed by atoms with Gasteiger partial charge in [-0.25, -0.2) is 0 Å². The van der Waals surface area contributed by atoms with Crippen LogP contribution in [-0.2, 0) is 5.33 Å². The molecule has 2 aromatic carbocycles. The van der Waals surface area contributed by atoms with Crippen LogP contribution in [0.2, 0.25) is 0 Å². The molecule has 1 heterocycles. The summed E-state index contributed by atoms with van der Waals surface area (Å²) in [5, 5.41) is 0.807. The number of halogens is 1. The number of para-hydroxylation sites is 2. The highest BCUT2D eigenvalue weighted by Gasteiger charge is 2.24. The highest BCUT2D eigenvalue weighted by molar-refractivity contribution is 9.08. The fraction of sp³-hybridized carbons (Fsp3) is 0.294. The molecule has 0 amide bonds. The van der Waals surface area contributed by atoms with Gasteiger partial charge < -0.3 is 9.47 Å². The van der Waals surface area contributed by atoms with Crippen LogP contribution in [0.4, 0.5) is 0 Å². The van der Waals surface area contributed by atoms with Gasteiger partial charge in [0.1, 0.15) is 11.5 Å². The highest BCUT2D eigenvalue weighted by Crippen LogP contribution is 2.34. The summed E-state index contributed by atoms with van der Waals surface area (Å²) in [6, 6.07) is 14.4. The number of aryl methyl sites for hydroxylation is 1. The molecule has 104 valence electrons. The van der Waals surface area contributed by atoms with Crippen molar-refractivity contribution in [1.29, 1.82) is 0 Å². The number of hydrogen-bond donors (Lipinski definition) is 0. The van der Waals surface area contributed by atoms with Crippen LogP contribution in [0.3, 0.4) is 0 Å². The SMILES string of the molecule is Cc1cccc(CBr)c1OCC1COc2ccccc21. The number of alkyl halides is 1. The zero-order chi connectivity index (χ0) is 13.9. The van der Waals surface area contributed by atoms with Gasteiger partial charge in [-0.1, -0.05) is 52.3 Å². The summed E-state index contributed by atoms with van der Waals surface area (Å²) in [4.78, 5) is 0. The van der Waals surface area contributed by atoms with Gasteiger partial charge in [0.05, 0.1) is 19.1 Å². The monoisotopic (exact) mass is 332 g/mol. The molecule has 3 rings (SSSR count). The van der Waals surface area contributed by atoms with Crippen LogP contribution in [0, 0.1) is 6.92 Å². The Kier molecular flexibility index (Phi) is 3.97. The molecule has 2 aromatic rings. The van der Waals surface area contributed by atoms with Gasteiger partial charge in [0.25, 0.3) is 0 Å². The Labute approximate surface area is 127 Å². The van der Waals surface area contributed by atoms with Gasteiger partial charge in [-0.2, -0.15) is 0 Å². The standard InChI is InChI=1S/C17H17BrO2/c1-12-5-4-6-13(9-18)17(12)20-11-14-10-19-16-8-3-2-7-15(14)16/h2-8,14H,9-11H2,1H3. The lowest BCUT2D eigenvalue weighted by molar-refractivity contribution is 0.246. The number of rotatable bonds is 4. The fourth-order valence-electron chi connectivity index (χ4n) is 2.58. The third-order valence-electron chi connectivity index (χ3n) is 3.67. The summed E-state index contributed by atoms with van der Waals surface area (Å²) in [6.45, 7) is 3.44. The van der Waals surface area contributed by atoms with E-state index in [0.29, 0.717) is 19.1 Å². The topological polar surface area (TPSA) is 18.5 Å². The second kappa shape index (κ2) is 5.88. The molecule has 1 unspecified atom stereocenters. The first-order valence-electron chi connectivity index (χ1n) is 6.78. The average Bonchev–Trinajstić information content (AvgIpc) is 2.89. The van der Waals surface area contributed by atoms with E-state index in [2.05, 4.69) is 53.2 Å². The first-order valence-corrected chi connectivity index (χ1v) is 7.90. The van der Waals surface area contributed by atoms with Crippen LogP contribution in [0.15, 0.2) is 42.5 Å². The lowest BCUT2D eigenvalue weighted by Crippen LogP contribution is -2.13. The minimum atomic E-state index is 0.314. The maximum atomic E-state index is 6.09. The Morgan fingerprint density at radius 2 is 2.05 bits per heavy atom. The van der Waals surface area contributed by atoms with Crippen molar-refractivity contribution in [3.63, 3.8) is 0 Å². The molecule has 3 heteroatoms. The first-order chi connectivity index (χ1) is 9.79. The van der Waals surface area contributed by atoms with E-state index in [0.717, 1.165) is 16.8 Å². The van der Waals surface area contributed by atoms with E-state index in [9.17, 15) is 0 Å². The van der Waals surface area contributed by atoms with E-state index >= 15 is 0 Å². The third-order valence-corrected chi connectivity index (χ3v) is 4.27. The predicted octanol–water partition coefficient (Wildman–Crippen LogP) is 4.44. The normalized spacial score (nSPS) is 16.6. The van der Waals surface area contributed by atoms with E-state index < -0.39 is 0 Å². The summed E-state index contributed by atoms with van der Waals surface area (Å²) in [7, 11) is 0. The van der Waals surface area contributed by atoms with Crippen LogP contribution >= 0.6 is 15.9 Å². The van der Waals surface area contributed by atoms with Crippen LogP contribution < -0.4 is 9.47 Å². The molecule has 0 radical (unpaired) electrons. The van der Waals surface area contributed by atoms with Crippen molar-refractivity contribution in [2.75, 3.05) is 13.2 Å². The van der Waals surface area contributed by atoms with Gasteiger partial charge in [-0.3, -0.25) is 0 Å². The number of fused-ring (bicyclic) bond motifs is 1. The predicted molar refractivity (Wildman–Crippen MR) is 84.0 cm³/mol. The van der Waals surface area contributed by atoms with Crippen LogP contribution in [0.5, 0.6) is 11.5 Å². The van der Waals surface area contributed by atoms with Gasteiger partial charge in [-0.15, -0.1) is 0 Å². The lowest BCUT2D eigenvalue weighted by Gasteiger charge is -2.15. The summed E-state index contributed by atoms with van der Waals surface area (Å²) < 4.78 is 11.8. The van der Waals surface area contributed by atoms with Crippen LogP contribution in [-0.4, -0.2) is 13.2 Å². The zero-order valence-electron chi connectivity index (χ0n) is 11.4. The zero-order valence-corrected chi connectivity index (χ0v) is 13.0. The van der Waals surface area contributed by atoms with E-state index in [1.54, 1.807) is 0 Å². The second-order valence-corrected chi connectivity index (χ2v) is 5.61. The Morgan fingerprint density at radius 3 is 2.90 bits per heavy atom. The molecule has 0 saturated heterocycles. The van der Waals surface area contributed by atoms with E-state index in [1.807, 2.05) is 12.1 Å². The number of ether oxygens (including phenoxy) is 2. The number of hydrogen-bond acceptors (Lipinski definition) is 2. The molecule has 0 saturated carbocycles. The maximum absolute atomic E-state index is 6.09. The number of benzene rings is 2. The van der Waals surface area contributed by atoms with Crippen LogP contribution in [0.25, 0.3) is 0 Å². The summed E-state index contributed by atoms with van der Waals surface area (Å²) in [5.41, 5.74) is 3.62. The molecule has 2 nitrogen and oxygen atoms in total. The minimum Gasteiger partial charge on any atom is -0.493 e. The molecule has 0 fully saturated rings. The Bertz CT molecular complexity index is 610. The lowest BCUT2D eigenvalue weighted by atomic mass is 10.0. The third kappa shape index (κ3) is 2.55. The van der Waals surface area contributed by atoms with Crippen molar-refractivity contribution in [1.82, 2.24) is 0 Å². The molecular weight excluding hydrogens is 316 g/mol. The van der Waals surface area contributed by atoms with Gasteiger partial charge >= 0.3 is 0 Å². The molecule has 20 heavy (non-hydrogen) atoms. The highest BCUT2D eigenvalue weighted by atomic mass is 79.9. The van der Waals surface area contributed by atoms with Crippen molar-refractivity contribution >= 4 is 15.9 Å². The minimum absolute atomic E-state index is 0.314. The molecule has 0 N–H and O–H groups in total.